The van der Waals surface area contributed by atoms with Crippen molar-refractivity contribution in [1.82, 2.24) is 14.4 Å². The molecule has 0 spiro atoms. The van der Waals surface area contributed by atoms with E-state index in [1.54, 1.807) is 28.0 Å². The van der Waals surface area contributed by atoms with Crippen LogP contribution in [0.5, 0.6) is 0 Å². The number of hydrogen-bond acceptors (Lipinski definition) is 6. The fraction of sp³-hybridized carbons (Fsp3) is 0.421. The number of fused-ring (bicyclic) bond motifs is 1. The molecule has 0 aromatic carbocycles. The van der Waals surface area contributed by atoms with Crippen LogP contribution >= 0.6 is 11.3 Å². The highest BCUT2D eigenvalue weighted by Crippen LogP contribution is 2.49. The number of aryl methyl sites for hydroxylation is 1. The van der Waals surface area contributed by atoms with Gasteiger partial charge in [0.1, 0.15) is 5.82 Å². The van der Waals surface area contributed by atoms with Gasteiger partial charge in [0, 0.05) is 41.9 Å². The van der Waals surface area contributed by atoms with Gasteiger partial charge in [-0.2, -0.15) is 0 Å². The number of thiazole rings is 1. The Labute approximate surface area is 155 Å². The highest BCUT2D eigenvalue weighted by molar-refractivity contribution is 7.17. The maximum absolute atomic E-state index is 12.8. The van der Waals surface area contributed by atoms with Crippen LogP contribution < -0.4 is 10.5 Å². The molecule has 3 aromatic rings. The lowest BCUT2D eigenvalue weighted by molar-refractivity contribution is 0.273. The minimum Gasteiger partial charge on any atom is -0.396 e. The number of pyridine rings is 1. The summed E-state index contributed by atoms with van der Waals surface area (Å²) in [7, 11) is 0. The predicted molar refractivity (Wildman–Crippen MR) is 103 cm³/mol. The van der Waals surface area contributed by atoms with Crippen molar-refractivity contribution in [2.24, 2.45) is 5.92 Å². The summed E-state index contributed by atoms with van der Waals surface area (Å²) in [5, 5.41) is 9.38. The van der Waals surface area contributed by atoms with Gasteiger partial charge in [0.15, 0.2) is 4.96 Å². The van der Waals surface area contributed by atoms with Crippen LogP contribution in [0.3, 0.4) is 0 Å². The Morgan fingerprint density at radius 2 is 2.27 bits per heavy atom. The molecule has 1 fully saturated rings. The Morgan fingerprint density at radius 1 is 1.42 bits per heavy atom. The van der Waals surface area contributed by atoms with Gasteiger partial charge < -0.3 is 10.0 Å². The van der Waals surface area contributed by atoms with Crippen molar-refractivity contribution in [3.8, 4) is 0 Å². The van der Waals surface area contributed by atoms with Crippen LogP contribution in [0, 0.1) is 12.8 Å². The first-order valence-corrected chi connectivity index (χ1v) is 9.72. The number of anilines is 1. The zero-order valence-electron chi connectivity index (χ0n) is 14.9. The largest absolute Gasteiger partial charge is 0.396 e. The summed E-state index contributed by atoms with van der Waals surface area (Å²) >= 11 is 1.55. The summed E-state index contributed by atoms with van der Waals surface area (Å²) < 4.78 is 1.74. The van der Waals surface area contributed by atoms with Crippen molar-refractivity contribution in [3.05, 3.63) is 57.1 Å². The molecule has 2 unspecified atom stereocenters. The first kappa shape index (κ1) is 17.2. The third-order valence-corrected chi connectivity index (χ3v) is 5.97. The van der Waals surface area contributed by atoms with Crippen LogP contribution in [-0.2, 0) is 6.54 Å². The lowest BCUT2D eigenvalue weighted by Crippen LogP contribution is -2.25. The van der Waals surface area contributed by atoms with Crippen molar-refractivity contribution < 1.29 is 5.11 Å². The van der Waals surface area contributed by atoms with Crippen molar-refractivity contribution in [3.63, 3.8) is 0 Å². The molecular weight excluding hydrogens is 348 g/mol. The van der Waals surface area contributed by atoms with Gasteiger partial charge in [0.2, 0.25) is 0 Å². The van der Waals surface area contributed by atoms with E-state index in [9.17, 15) is 9.90 Å². The van der Waals surface area contributed by atoms with E-state index in [0.29, 0.717) is 6.54 Å². The molecule has 2 atom stereocenters. The van der Waals surface area contributed by atoms with Crippen molar-refractivity contribution >= 4 is 22.1 Å². The lowest BCUT2D eigenvalue weighted by Gasteiger charge is -2.21. The molecule has 0 bridgehead atoms. The molecule has 136 valence electrons. The van der Waals surface area contributed by atoms with E-state index in [1.165, 1.54) is 0 Å². The molecule has 1 N–H and O–H groups in total. The molecule has 6 nitrogen and oxygen atoms in total. The van der Waals surface area contributed by atoms with Crippen molar-refractivity contribution in [1.29, 1.82) is 0 Å². The second-order valence-electron chi connectivity index (χ2n) is 6.73. The molecule has 3 heterocycles. The van der Waals surface area contributed by atoms with Crippen molar-refractivity contribution in [2.75, 3.05) is 18.1 Å². The summed E-state index contributed by atoms with van der Waals surface area (Å²) in [6.45, 7) is 5.61. The van der Waals surface area contributed by atoms with Gasteiger partial charge in [-0.3, -0.25) is 9.20 Å². The molecule has 1 aliphatic carbocycles. The standard InChI is InChI=1S/C19H22N4O2S/c1-3-22(16-6-4-5-7-20-16)10-14-9-17(25)23-18(15-8-13(15)11-24)12(2)26-19(23)21-14/h4-7,9,13,15,24H,3,8,10-11H2,1-2H3. The second kappa shape index (κ2) is 6.81. The molecule has 4 rings (SSSR count). The first-order valence-electron chi connectivity index (χ1n) is 8.91. The average molecular weight is 370 g/mol. The number of aliphatic hydroxyl groups is 1. The predicted octanol–water partition coefficient (Wildman–Crippen LogP) is 2.58. The van der Waals surface area contributed by atoms with Gasteiger partial charge in [-0.15, -0.1) is 11.3 Å². The van der Waals surface area contributed by atoms with E-state index in [-0.39, 0.29) is 24.0 Å². The van der Waals surface area contributed by atoms with Crippen LogP contribution in [0.2, 0.25) is 0 Å². The summed E-state index contributed by atoms with van der Waals surface area (Å²) in [6.07, 6.45) is 2.71. The summed E-state index contributed by atoms with van der Waals surface area (Å²) in [4.78, 5) is 25.9. The molecule has 0 amide bonds. The fourth-order valence-electron chi connectivity index (χ4n) is 3.53. The van der Waals surface area contributed by atoms with E-state index >= 15 is 0 Å². The third-order valence-electron chi connectivity index (χ3n) is 5.00. The van der Waals surface area contributed by atoms with E-state index in [0.717, 1.165) is 40.0 Å². The average Bonchev–Trinajstić information content (AvgIpc) is 3.34. The van der Waals surface area contributed by atoms with Crippen molar-refractivity contribution in [2.45, 2.75) is 32.7 Å². The second-order valence-corrected chi connectivity index (χ2v) is 7.92. The Bertz CT molecular complexity index is 982. The Kier molecular flexibility index (Phi) is 4.50. The summed E-state index contributed by atoms with van der Waals surface area (Å²) in [6, 6.07) is 7.44. The molecule has 0 saturated heterocycles. The van der Waals surface area contributed by atoms with Gasteiger partial charge in [0.25, 0.3) is 5.56 Å². The monoisotopic (exact) mass is 370 g/mol. The van der Waals surface area contributed by atoms with Gasteiger partial charge in [-0.25, -0.2) is 9.97 Å². The molecule has 7 heteroatoms. The molecule has 0 radical (unpaired) electrons. The Hall–Kier alpha value is -2.25. The molecule has 1 aliphatic rings. The summed E-state index contributed by atoms with van der Waals surface area (Å²) in [5.74, 6) is 1.43. The molecule has 0 aliphatic heterocycles. The van der Waals surface area contributed by atoms with Gasteiger partial charge >= 0.3 is 0 Å². The number of aliphatic hydroxyl groups excluding tert-OH is 1. The zero-order valence-corrected chi connectivity index (χ0v) is 15.7. The SMILES string of the molecule is CCN(Cc1cc(=O)n2c(C3CC3CO)c(C)sc2n1)c1ccccn1. The van der Waals surface area contributed by atoms with E-state index in [1.807, 2.05) is 25.1 Å². The molecule has 3 aromatic heterocycles. The van der Waals surface area contributed by atoms with Crippen LogP contribution in [0.25, 0.3) is 4.96 Å². The number of aromatic nitrogens is 3. The zero-order chi connectivity index (χ0) is 18.3. The van der Waals surface area contributed by atoms with Gasteiger partial charge in [-0.05, 0) is 38.3 Å². The smallest absolute Gasteiger partial charge is 0.259 e. The summed E-state index contributed by atoms with van der Waals surface area (Å²) in [5.41, 5.74) is 1.75. The van der Waals surface area contributed by atoms with E-state index < -0.39 is 0 Å². The maximum Gasteiger partial charge on any atom is 0.259 e. The maximum atomic E-state index is 12.8. The minimum absolute atomic E-state index is 0.0370. The topological polar surface area (TPSA) is 70.7 Å². The molecule has 26 heavy (non-hydrogen) atoms. The molecule has 1 saturated carbocycles. The number of hydrogen-bond donors (Lipinski definition) is 1. The lowest BCUT2D eigenvalue weighted by atomic mass is 10.2. The van der Waals surface area contributed by atoms with Gasteiger partial charge in [-0.1, -0.05) is 6.07 Å². The number of nitrogens with zero attached hydrogens (tertiary/aromatic N) is 4. The number of rotatable bonds is 6. The highest BCUT2D eigenvalue weighted by atomic mass is 32.1. The highest BCUT2D eigenvalue weighted by Gasteiger charge is 2.41. The van der Waals surface area contributed by atoms with Gasteiger partial charge in [0.05, 0.1) is 12.2 Å². The third kappa shape index (κ3) is 3.01. The molecular formula is C19H22N4O2S. The Balaban J connectivity index is 1.69. The van der Waals surface area contributed by atoms with E-state index in [2.05, 4.69) is 16.8 Å². The van der Waals surface area contributed by atoms with Crippen LogP contribution in [0.4, 0.5) is 5.82 Å². The van der Waals surface area contributed by atoms with Crippen LogP contribution in [0.15, 0.2) is 35.3 Å². The normalized spacial score (nSPS) is 19.0. The quantitative estimate of drug-likeness (QED) is 0.722. The Morgan fingerprint density at radius 3 is 2.92 bits per heavy atom. The van der Waals surface area contributed by atoms with E-state index in [4.69, 9.17) is 4.98 Å². The first-order chi connectivity index (χ1) is 12.6. The van der Waals surface area contributed by atoms with Crippen LogP contribution in [-0.4, -0.2) is 32.6 Å². The fourth-order valence-corrected chi connectivity index (χ4v) is 4.59. The van der Waals surface area contributed by atoms with Crippen LogP contribution in [0.1, 0.15) is 35.5 Å². The minimum atomic E-state index is -0.0370.